The Bertz CT molecular complexity index is 558. The first kappa shape index (κ1) is 18.5. The third-order valence-electron chi connectivity index (χ3n) is 2.41. The molecule has 0 saturated heterocycles. The zero-order valence-corrected chi connectivity index (χ0v) is 12.4. The Morgan fingerprint density at radius 3 is 2.27 bits per heavy atom. The summed E-state index contributed by atoms with van der Waals surface area (Å²) in [5.74, 6) is -2.57. The Hall–Kier alpha value is -1.52. The second-order valence-corrected chi connectivity index (χ2v) is 4.43. The second-order valence-electron chi connectivity index (χ2n) is 3.87. The fourth-order valence-electron chi connectivity index (χ4n) is 1.52. The molecule has 0 aliphatic carbocycles. The van der Waals surface area contributed by atoms with Crippen LogP contribution in [0.15, 0.2) is 6.20 Å². The number of esters is 1. The molecule has 0 atom stereocenters. The zero-order chi connectivity index (χ0) is 17.1. The van der Waals surface area contributed by atoms with E-state index in [-0.39, 0.29) is 10.9 Å². The van der Waals surface area contributed by atoms with Crippen molar-refractivity contribution < 1.29 is 40.6 Å². The van der Waals surface area contributed by atoms with Gasteiger partial charge in [-0.05, 0) is 5.56 Å². The Balaban J connectivity index is 3.55. The molecule has 0 fully saturated rings. The predicted octanol–water partition coefficient (Wildman–Crippen LogP) is 3.61. The molecule has 0 amide bonds. The van der Waals surface area contributed by atoms with Gasteiger partial charge < -0.3 is 9.47 Å². The van der Waals surface area contributed by atoms with Crippen LogP contribution in [0.2, 0.25) is 0 Å². The minimum atomic E-state index is -5.38. The summed E-state index contributed by atoms with van der Waals surface area (Å²) in [5.41, 5.74) is -2.52. The van der Waals surface area contributed by atoms with Crippen molar-refractivity contribution in [1.29, 1.82) is 0 Å². The van der Waals surface area contributed by atoms with E-state index in [2.05, 4.69) is 30.4 Å². The Kier molecular flexibility index (Phi) is 5.65. The highest BCUT2D eigenvalue weighted by atomic mass is 79.9. The lowest BCUT2D eigenvalue weighted by atomic mass is 10.0. The number of ether oxygens (including phenoxy) is 2. The highest BCUT2D eigenvalue weighted by molar-refractivity contribution is 9.08. The fourth-order valence-corrected chi connectivity index (χ4v) is 2.00. The Morgan fingerprint density at radius 1 is 1.27 bits per heavy atom. The van der Waals surface area contributed by atoms with Gasteiger partial charge in [0.25, 0.3) is 0 Å². The van der Waals surface area contributed by atoms with E-state index in [9.17, 15) is 31.1 Å². The largest absolute Gasteiger partial charge is 0.573 e. The van der Waals surface area contributed by atoms with Crippen molar-refractivity contribution in [3.8, 4) is 5.75 Å². The molecular weight excluding hydrogens is 388 g/mol. The number of halogens is 7. The molecule has 22 heavy (non-hydrogen) atoms. The highest BCUT2D eigenvalue weighted by Gasteiger charge is 2.42. The van der Waals surface area contributed by atoms with Crippen molar-refractivity contribution in [1.82, 2.24) is 4.98 Å². The van der Waals surface area contributed by atoms with Crippen molar-refractivity contribution in [2.24, 2.45) is 0 Å². The normalized spacial score (nSPS) is 12.2. The van der Waals surface area contributed by atoms with E-state index in [0.29, 0.717) is 0 Å². The molecule has 1 aromatic rings. The van der Waals surface area contributed by atoms with Gasteiger partial charge in [-0.2, -0.15) is 13.2 Å². The number of hydrogen-bond donors (Lipinski definition) is 0. The van der Waals surface area contributed by atoms with Crippen LogP contribution in [0.3, 0.4) is 0 Å². The van der Waals surface area contributed by atoms with Gasteiger partial charge in [-0.25, -0.2) is 4.98 Å². The van der Waals surface area contributed by atoms with Gasteiger partial charge in [0.15, 0.2) is 11.4 Å². The summed E-state index contributed by atoms with van der Waals surface area (Å²) in [6.07, 6.45) is -10.7. The maximum atomic E-state index is 12.8. The summed E-state index contributed by atoms with van der Waals surface area (Å²) in [6, 6.07) is 0. The van der Waals surface area contributed by atoms with Crippen molar-refractivity contribution in [2.45, 2.75) is 24.3 Å². The molecule has 0 N–H and O–H groups in total. The SMILES string of the molecule is COC(=O)Cc1c(CBr)cnc(C(F)(F)F)c1OC(F)(F)F. The lowest BCUT2D eigenvalue weighted by Gasteiger charge is -2.19. The fraction of sp³-hybridized carbons (Fsp3) is 0.455. The molecule has 4 nitrogen and oxygen atoms in total. The molecule has 0 saturated carbocycles. The standard InChI is InChI=1S/C11H8BrF6NO3/c1-21-7(20)2-6-5(3-12)4-19-9(10(13,14)15)8(6)22-11(16,17)18/h4H,2-3H2,1H3. The Morgan fingerprint density at radius 2 is 1.86 bits per heavy atom. The molecule has 0 radical (unpaired) electrons. The number of carbonyl (C=O) groups excluding carboxylic acids is 1. The average Bonchev–Trinajstić information content (AvgIpc) is 2.37. The van der Waals surface area contributed by atoms with Gasteiger partial charge in [0, 0.05) is 17.1 Å². The summed E-state index contributed by atoms with van der Waals surface area (Å²) in [6.45, 7) is 0. The van der Waals surface area contributed by atoms with E-state index < -0.39 is 41.9 Å². The number of hydrogen-bond acceptors (Lipinski definition) is 4. The quantitative estimate of drug-likeness (QED) is 0.444. The molecule has 0 aromatic carbocycles. The van der Waals surface area contributed by atoms with E-state index in [0.717, 1.165) is 13.3 Å². The lowest BCUT2D eigenvalue weighted by Crippen LogP contribution is -2.23. The number of carbonyl (C=O) groups is 1. The van der Waals surface area contributed by atoms with Gasteiger partial charge in [-0.3, -0.25) is 4.79 Å². The molecule has 0 aliphatic rings. The molecule has 1 rings (SSSR count). The van der Waals surface area contributed by atoms with Gasteiger partial charge in [0.2, 0.25) is 0 Å². The minimum Gasteiger partial charge on any atom is -0.469 e. The van der Waals surface area contributed by atoms with Gasteiger partial charge in [0.1, 0.15) is 0 Å². The molecule has 0 bridgehead atoms. The van der Waals surface area contributed by atoms with E-state index in [1.807, 2.05) is 0 Å². The highest BCUT2D eigenvalue weighted by Crippen LogP contribution is 2.40. The Labute approximate surface area is 128 Å². The van der Waals surface area contributed by atoms with Crippen LogP contribution in [0.1, 0.15) is 16.8 Å². The van der Waals surface area contributed by atoms with Crippen LogP contribution < -0.4 is 4.74 Å². The second kappa shape index (κ2) is 6.71. The number of methoxy groups -OCH3 is 1. The molecule has 11 heteroatoms. The first-order chi connectivity index (χ1) is 9.99. The van der Waals surface area contributed by atoms with Crippen molar-refractivity contribution in [2.75, 3.05) is 7.11 Å². The smallest absolute Gasteiger partial charge is 0.469 e. The summed E-state index contributed by atoms with van der Waals surface area (Å²) < 4.78 is 83.4. The molecular formula is C11H8BrF6NO3. The molecule has 1 aromatic heterocycles. The first-order valence-electron chi connectivity index (χ1n) is 5.46. The van der Waals surface area contributed by atoms with Crippen molar-refractivity contribution >= 4 is 21.9 Å². The number of rotatable bonds is 4. The van der Waals surface area contributed by atoms with Gasteiger partial charge in [-0.1, -0.05) is 15.9 Å². The van der Waals surface area contributed by atoms with Crippen molar-refractivity contribution in [3.05, 3.63) is 23.0 Å². The van der Waals surface area contributed by atoms with Crippen LogP contribution in [0.5, 0.6) is 5.75 Å². The van der Waals surface area contributed by atoms with Gasteiger partial charge in [-0.15, -0.1) is 13.2 Å². The number of nitrogens with zero attached hydrogens (tertiary/aromatic N) is 1. The number of pyridine rings is 1. The summed E-state index contributed by atoms with van der Waals surface area (Å²) in [4.78, 5) is 14.2. The lowest BCUT2D eigenvalue weighted by molar-refractivity contribution is -0.276. The molecule has 0 aliphatic heterocycles. The van der Waals surface area contributed by atoms with E-state index in [1.165, 1.54) is 0 Å². The first-order valence-corrected chi connectivity index (χ1v) is 6.58. The number of aromatic nitrogens is 1. The van der Waals surface area contributed by atoms with E-state index in [1.54, 1.807) is 0 Å². The van der Waals surface area contributed by atoms with Crippen molar-refractivity contribution in [3.63, 3.8) is 0 Å². The summed E-state index contributed by atoms with van der Waals surface area (Å²) in [7, 11) is 0.951. The van der Waals surface area contributed by atoms with E-state index >= 15 is 0 Å². The molecule has 1 heterocycles. The zero-order valence-electron chi connectivity index (χ0n) is 10.8. The predicted molar refractivity (Wildman–Crippen MR) is 64.3 cm³/mol. The van der Waals surface area contributed by atoms with Crippen LogP contribution in [-0.2, 0) is 27.5 Å². The topological polar surface area (TPSA) is 48.4 Å². The van der Waals surface area contributed by atoms with Crippen LogP contribution in [0.4, 0.5) is 26.3 Å². The number of alkyl halides is 7. The van der Waals surface area contributed by atoms with Crippen LogP contribution in [0, 0.1) is 0 Å². The summed E-state index contributed by atoms with van der Waals surface area (Å²) in [5, 5.41) is -0.126. The van der Waals surface area contributed by atoms with Gasteiger partial charge >= 0.3 is 18.5 Å². The summed E-state index contributed by atoms with van der Waals surface area (Å²) >= 11 is 2.90. The van der Waals surface area contributed by atoms with Gasteiger partial charge in [0.05, 0.1) is 13.5 Å². The average molecular weight is 396 g/mol. The molecule has 124 valence electrons. The molecule has 0 unspecified atom stereocenters. The van der Waals surface area contributed by atoms with Crippen LogP contribution in [-0.4, -0.2) is 24.4 Å². The third-order valence-corrected chi connectivity index (χ3v) is 3.01. The van der Waals surface area contributed by atoms with Crippen LogP contribution >= 0.6 is 15.9 Å². The molecule has 0 spiro atoms. The third kappa shape index (κ3) is 4.75. The van der Waals surface area contributed by atoms with Crippen LogP contribution in [0.25, 0.3) is 0 Å². The van der Waals surface area contributed by atoms with E-state index in [4.69, 9.17) is 0 Å². The minimum absolute atomic E-state index is 0.0577. The maximum Gasteiger partial charge on any atom is 0.573 e. The monoisotopic (exact) mass is 395 g/mol. The maximum absolute atomic E-state index is 12.8.